The summed E-state index contributed by atoms with van der Waals surface area (Å²) in [7, 11) is 0. The Kier molecular flexibility index (Phi) is 3.19. The van der Waals surface area contributed by atoms with Gasteiger partial charge >= 0.3 is 0 Å². The van der Waals surface area contributed by atoms with Gasteiger partial charge in [0.1, 0.15) is 0 Å². The quantitative estimate of drug-likeness (QED) is 0.754. The number of rotatable bonds is 1. The molecule has 3 nitrogen and oxygen atoms in total. The molecule has 0 N–H and O–H groups in total. The molecule has 0 spiro atoms. The molecule has 1 unspecified atom stereocenters. The fourth-order valence-corrected chi connectivity index (χ4v) is 4.63. The fourth-order valence-electron chi connectivity index (χ4n) is 3.68. The molecule has 4 heteroatoms. The van der Waals surface area contributed by atoms with E-state index in [9.17, 15) is 4.79 Å². The average Bonchev–Trinajstić information content (AvgIpc) is 2.55. The Balaban J connectivity index is 2.08. The lowest BCUT2D eigenvalue weighted by Gasteiger charge is -2.36. The van der Waals surface area contributed by atoms with Crippen LogP contribution in [0.1, 0.15) is 37.8 Å². The third-order valence-corrected chi connectivity index (χ3v) is 6.19. The molecular weight excluding hydrogens is 292 g/mol. The highest BCUT2D eigenvalue weighted by atomic mass is 32.2. The van der Waals surface area contributed by atoms with Crippen LogP contribution in [-0.2, 0) is 18.4 Å². The maximum absolute atomic E-state index is 13.2. The lowest BCUT2D eigenvalue weighted by molar-refractivity contribution is 0.425. The van der Waals surface area contributed by atoms with Crippen molar-refractivity contribution >= 4 is 11.8 Å². The average molecular weight is 312 g/mol. The lowest BCUT2D eigenvalue weighted by Crippen LogP contribution is -2.40. The van der Waals surface area contributed by atoms with Crippen molar-refractivity contribution in [2.45, 2.75) is 50.2 Å². The van der Waals surface area contributed by atoms with Crippen LogP contribution >= 0.6 is 11.8 Å². The number of hydrogen-bond acceptors (Lipinski definition) is 3. The van der Waals surface area contributed by atoms with Gasteiger partial charge in [0.15, 0.2) is 5.16 Å². The van der Waals surface area contributed by atoms with Crippen LogP contribution in [0.15, 0.2) is 34.2 Å². The van der Waals surface area contributed by atoms with E-state index in [0.29, 0.717) is 0 Å². The largest absolute Gasteiger partial charge is 0.287 e. The molecule has 0 saturated heterocycles. The van der Waals surface area contributed by atoms with E-state index in [1.807, 2.05) is 10.6 Å². The first-order valence-electron chi connectivity index (χ1n) is 8.00. The molecule has 1 atom stereocenters. The van der Waals surface area contributed by atoms with E-state index in [0.717, 1.165) is 53.5 Å². The van der Waals surface area contributed by atoms with Crippen molar-refractivity contribution in [1.82, 2.24) is 9.55 Å². The molecule has 2 aliphatic rings. The van der Waals surface area contributed by atoms with Crippen LogP contribution in [0.3, 0.4) is 0 Å². The molecule has 1 aromatic heterocycles. The summed E-state index contributed by atoms with van der Waals surface area (Å²) in [4.78, 5) is 18.1. The Morgan fingerprint density at radius 1 is 1.36 bits per heavy atom. The minimum absolute atomic E-state index is 0.113. The van der Waals surface area contributed by atoms with Gasteiger partial charge in [-0.05, 0) is 24.8 Å². The maximum Gasteiger partial charge on any atom is 0.258 e. The van der Waals surface area contributed by atoms with Crippen LogP contribution in [0.5, 0.6) is 0 Å². The van der Waals surface area contributed by atoms with Crippen LogP contribution in [0, 0.1) is 0 Å². The van der Waals surface area contributed by atoms with E-state index in [4.69, 9.17) is 4.98 Å². The lowest BCUT2D eigenvalue weighted by atomic mass is 9.69. The highest BCUT2D eigenvalue weighted by molar-refractivity contribution is 7.99. The number of benzene rings is 1. The summed E-state index contributed by atoms with van der Waals surface area (Å²) < 4.78 is 1.90. The van der Waals surface area contributed by atoms with E-state index in [1.165, 1.54) is 5.56 Å². The molecule has 2 aromatic rings. The van der Waals surface area contributed by atoms with Crippen molar-refractivity contribution in [3.05, 3.63) is 45.7 Å². The number of thioether (sulfide) groups is 1. The first kappa shape index (κ1) is 14.1. The summed E-state index contributed by atoms with van der Waals surface area (Å²) in [6.07, 6.45) is 2.94. The Morgan fingerprint density at radius 3 is 3.00 bits per heavy atom. The second-order valence-corrected chi connectivity index (χ2v) is 7.59. The monoisotopic (exact) mass is 312 g/mol. The van der Waals surface area contributed by atoms with Gasteiger partial charge in [0, 0.05) is 23.3 Å². The predicted molar refractivity (Wildman–Crippen MR) is 90.6 cm³/mol. The summed E-state index contributed by atoms with van der Waals surface area (Å²) in [5.41, 5.74) is 4.40. The normalized spacial score (nSPS) is 22.6. The third-order valence-electron chi connectivity index (χ3n) is 5.13. The second-order valence-electron chi connectivity index (χ2n) is 6.52. The van der Waals surface area contributed by atoms with Crippen molar-refractivity contribution in [3.63, 3.8) is 0 Å². The number of hydrogen-bond donors (Lipinski definition) is 0. The minimum Gasteiger partial charge on any atom is -0.287 e. The van der Waals surface area contributed by atoms with Gasteiger partial charge in [-0.1, -0.05) is 49.9 Å². The van der Waals surface area contributed by atoms with E-state index >= 15 is 0 Å². The molecule has 1 aliphatic heterocycles. The van der Waals surface area contributed by atoms with Crippen molar-refractivity contribution in [2.24, 2.45) is 0 Å². The highest BCUT2D eigenvalue weighted by Gasteiger charge is 2.38. The second kappa shape index (κ2) is 4.98. The molecule has 1 aliphatic carbocycles. The molecule has 4 rings (SSSR count). The molecular formula is C18H20N2OS. The Morgan fingerprint density at radius 2 is 2.18 bits per heavy atom. The van der Waals surface area contributed by atoms with Crippen LogP contribution < -0.4 is 5.56 Å². The Labute approximate surface area is 134 Å². The summed E-state index contributed by atoms with van der Waals surface area (Å²) in [5.74, 6) is 1.05. The van der Waals surface area contributed by atoms with Crippen molar-refractivity contribution < 1.29 is 0 Å². The Hall–Kier alpha value is -1.55. The van der Waals surface area contributed by atoms with Crippen molar-refractivity contribution in [1.29, 1.82) is 0 Å². The zero-order chi connectivity index (χ0) is 15.3. The number of aromatic nitrogens is 2. The molecule has 22 heavy (non-hydrogen) atoms. The predicted octanol–water partition coefficient (Wildman–Crippen LogP) is 3.63. The molecule has 0 radical (unpaired) electrons. The third kappa shape index (κ3) is 1.89. The fraction of sp³-hybridized carbons (Fsp3) is 0.444. The standard InChI is InChI=1S/C18H20N2OS/c1-3-18(2)11-12-7-4-5-8-13(12)15-14(18)16(21)20-9-6-10-22-17(20)19-15/h4-5,7-8H,3,6,9-11H2,1-2H3. The highest BCUT2D eigenvalue weighted by Crippen LogP contribution is 2.43. The molecule has 1 aromatic carbocycles. The van der Waals surface area contributed by atoms with Crippen LogP contribution in [0.2, 0.25) is 0 Å². The maximum atomic E-state index is 13.2. The van der Waals surface area contributed by atoms with Gasteiger partial charge in [-0.15, -0.1) is 0 Å². The van der Waals surface area contributed by atoms with E-state index < -0.39 is 0 Å². The zero-order valence-electron chi connectivity index (χ0n) is 13.1. The van der Waals surface area contributed by atoms with Gasteiger partial charge in [0.05, 0.1) is 11.3 Å². The van der Waals surface area contributed by atoms with Gasteiger partial charge in [-0.3, -0.25) is 9.36 Å². The zero-order valence-corrected chi connectivity index (χ0v) is 13.9. The summed E-state index contributed by atoms with van der Waals surface area (Å²) in [6, 6.07) is 8.42. The van der Waals surface area contributed by atoms with Gasteiger partial charge in [0.25, 0.3) is 5.56 Å². The van der Waals surface area contributed by atoms with E-state index in [1.54, 1.807) is 11.8 Å². The van der Waals surface area contributed by atoms with Crippen LogP contribution in [0.25, 0.3) is 11.3 Å². The molecule has 2 heterocycles. The van der Waals surface area contributed by atoms with Gasteiger partial charge in [-0.2, -0.15) is 0 Å². The molecule has 0 amide bonds. The first-order valence-corrected chi connectivity index (χ1v) is 8.99. The molecule has 0 fully saturated rings. The summed E-state index contributed by atoms with van der Waals surface area (Å²) in [6.45, 7) is 5.20. The number of fused-ring (bicyclic) bond motifs is 4. The Bertz CT molecular complexity index is 811. The van der Waals surface area contributed by atoms with Crippen molar-refractivity contribution in [3.8, 4) is 11.3 Å². The number of nitrogens with zero attached hydrogens (tertiary/aromatic N) is 2. The molecule has 0 saturated carbocycles. The summed E-state index contributed by atoms with van der Waals surface area (Å²) in [5, 5.41) is 0.894. The molecule has 0 bridgehead atoms. The van der Waals surface area contributed by atoms with E-state index in [2.05, 4.69) is 32.0 Å². The first-order chi connectivity index (χ1) is 10.6. The van der Waals surface area contributed by atoms with Gasteiger partial charge in [-0.25, -0.2) is 4.98 Å². The van der Waals surface area contributed by atoms with Gasteiger partial charge < -0.3 is 0 Å². The van der Waals surface area contributed by atoms with Crippen molar-refractivity contribution in [2.75, 3.05) is 5.75 Å². The van der Waals surface area contributed by atoms with Crippen LogP contribution in [-0.4, -0.2) is 15.3 Å². The topological polar surface area (TPSA) is 34.9 Å². The SMILES string of the molecule is CCC1(C)Cc2ccccc2-c2nc3n(c(=O)c21)CCCS3. The van der Waals surface area contributed by atoms with Gasteiger partial charge in [0.2, 0.25) is 0 Å². The smallest absolute Gasteiger partial charge is 0.258 e. The summed E-state index contributed by atoms with van der Waals surface area (Å²) >= 11 is 1.71. The van der Waals surface area contributed by atoms with Crippen LogP contribution in [0.4, 0.5) is 0 Å². The van der Waals surface area contributed by atoms with E-state index in [-0.39, 0.29) is 11.0 Å². The molecule has 114 valence electrons. The minimum atomic E-state index is -0.113.